The number of hydrogen-bond donors (Lipinski definition) is 0. The van der Waals surface area contributed by atoms with E-state index >= 15 is 0 Å². The van der Waals surface area contributed by atoms with Gasteiger partial charge in [0.05, 0.1) is 6.54 Å². The predicted molar refractivity (Wildman–Crippen MR) is 92.0 cm³/mol. The standard InChI is InChI=1S/C20H22N2O/c1-14-2-4-16(5-3-14)20(23)22(13-15-6-8-21-9-7-15)19-11-17-10-18(17)12-19/h6-12,14,16H,2-5,13H2,1H3. The van der Waals surface area contributed by atoms with Crippen LogP contribution in [0.2, 0.25) is 0 Å². The van der Waals surface area contributed by atoms with Gasteiger partial charge in [0.25, 0.3) is 0 Å². The second kappa shape index (κ2) is 5.80. The molecule has 0 aliphatic heterocycles. The molecule has 3 nitrogen and oxygen atoms in total. The van der Waals surface area contributed by atoms with Gasteiger partial charge in [-0.05, 0) is 78.6 Å². The molecule has 3 heteroatoms. The Balaban J connectivity index is 1.57. The van der Waals surface area contributed by atoms with Gasteiger partial charge in [-0.2, -0.15) is 0 Å². The van der Waals surface area contributed by atoms with Crippen molar-refractivity contribution in [2.75, 3.05) is 4.90 Å². The Kier molecular flexibility index (Phi) is 3.64. The number of nitrogens with zero attached hydrogens (tertiary/aromatic N) is 2. The van der Waals surface area contributed by atoms with Crippen LogP contribution >= 0.6 is 0 Å². The van der Waals surface area contributed by atoms with Gasteiger partial charge in [-0.3, -0.25) is 9.78 Å². The molecule has 0 aromatic carbocycles. The third-order valence-electron chi connectivity index (χ3n) is 5.20. The van der Waals surface area contributed by atoms with E-state index in [0.29, 0.717) is 12.5 Å². The number of benzene rings is 1. The summed E-state index contributed by atoms with van der Waals surface area (Å²) < 4.78 is 0. The summed E-state index contributed by atoms with van der Waals surface area (Å²) in [6.07, 6.45) is 7.98. The topological polar surface area (TPSA) is 33.2 Å². The molecule has 1 aromatic heterocycles. The molecule has 0 saturated heterocycles. The lowest BCUT2D eigenvalue weighted by Gasteiger charge is -2.31. The lowest BCUT2D eigenvalue weighted by Crippen LogP contribution is -2.37. The van der Waals surface area contributed by atoms with E-state index in [2.05, 4.69) is 30.1 Å². The summed E-state index contributed by atoms with van der Waals surface area (Å²) in [7, 11) is 0. The number of hydrogen-bond acceptors (Lipinski definition) is 2. The molecular formula is C20H22N2O. The summed E-state index contributed by atoms with van der Waals surface area (Å²) >= 11 is 0. The lowest BCUT2D eigenvalue weighted by molar-refractivity contribution is -0.123. The fraction of sp³-hybridized carbons (Fsp3) is 0.400. The van der Waals surface area contributed by atoms with Crippen LogP contribution in [0, 0.1) is 11.8 Å². The van der Waals surface area contributed by atoms with E-state index in [1.165, 1.54) is 24.0 Å². The van der Waals surface area contributed by atoms with Crippen LogP contribution < -0.4 is 4.90 Å². The Labute approximate surface area is 137 Å². The summed E-state index contributed by atoms with van der Waals surface area (Å²) in [5.41, 5.74) is 4.75. The van der Waals surface area contributed by atoms with Gasteiger partial charge in [0, 0.05) is 24.0 Å². The number of carbonyl (C=O) groups excluding carboxylic acids is 1. The van der Waals surface area contributed by atoms with E-state index < -0.39 is 0 Å². The van der Waals surface area contributed by atoms with Gasteiger partial charge in [-0.15, -0.1) is 0 Å². The first-order chi connectivity index (χ1) is 11.2. The molecule has 0 unspecified atom stereocenters. The van der Waals surface area contributed by atoms with Gasteiger partial charge < -0.3 is 4.90 Å². The maximum atomic E-state index is 13.1. The summed E-state index contributed by atoms with van der Waals surface area (Å²) in [6, 6.07) is 10.4. The van der Waals surface area contributed by atoms with Crippen LogP contribution in [-0.4, -0.2) is 10.9 Å². The number of pyridine rings is 1. The second-order valence-electron chi connectivity index (χ2n) is 7.01. The number of fused-ring (bicyclic) bond motifs is 1. The van der Waals surface area contributed by atoms with Crippen LogP contribution in [0.25, 0.3) is 11.1 Å². The van der Waals surface area contributed by atoms with E-state index in [0.717, 1.165) is 30.0 Å². The minimum absolute atomic E-state index is 0.179. The first-order valence-corrected chi connectivity index (χ1v) is 8.56. The average Bonchev–Trinajstić information content (AvgIpc) is 3.19. The van der Waals surface area contributed by atoms with Crippen LogP contribution in [0.1, 0.15) is 38.2 Å². The zero-order valence-electron chi connectivity index (χ0n) is 13.5. The zero-order valence-corrected chi connectivity index (χ0v) is 13.5. The van der Waals surface area contributed by atoms with Crippen molar-refractivity contribution < 1.29 is 4.79 Å². The fourth-order valence-electron chi connectivity index (χ4n) is 3.59. The van der Waals surface area contributed by atoms with Crippen LogP contribution in [0.5, 0.6) is 0 Å². The quantitative estimate of drug-likeness (QED) is 0.715. The molecule has 1 heterocycles. The molecule has 1 amide bonds. The molecule has 1 saturated carbocycles. The highest BCUT2D eigenvalue weighted by molar-refractivity contribution is 5.99. The smallest absolute Gasteiger partial charge is 0.230 e. The fourth-order valence-corrected chi connectivity index (χ4v) is 3.59. The largest absolute Gasteiger partial charge is 0.308 e. The normalized spacial score (nSPS) is 21.8. The molecule has 3 aliphatic rings. The Morgan fingerprint density at radius 2 is 1.74 bits per heavy atom. The van der Waals surface area contributed by atoms with Gasteiger partial charge in [-0.25, -0.2) is 0 Å². The molecule has 0 bridgehead atoms. The van der Waals surface area contributed by atoms with E-state index in [9.17, 15) is 4.79 Å². The van der Waals surface area contributed by atoms with E-state index in [1.54, 1.807) is 12.4 Å². The summed E-state index contributed by atoms with van der Waals surface area (Å²) in [4.78, 5) is 19.2. The molecule has 4 rings (SSSR count). The Hall–Kier alpha value is -2.16. The minimum atomic E-state index is 0.179. The maximum Gasteiger partial charge on any atom is 0.230 e. The van der Waals surface area contributed by atoms with Gasteiger partial charge in [0.2, 0.25) is 5.91 Å². The zero-order chi connectivity index (χ0) is 15.8. The Bertz CT molecular complexity index is 697. The molecule has 23 heavy (non-hydrogen) atoms. The van der Waals surface area contributed by atoms with Crippen molar-refractivity contribution in [1.82, 2.24) is 4.98 Å². The summed E-state index contributed by atoms with van der Waals surface area (Å²) in [5, 5.41) is 0. The maximum absolute atomic E-state index is 13.1. The number of amides is 1. The number of carbonyl (C=O) groups is 1. The first kappa shape index (κ1) is 14.4. The van der Waals surface area contributed by atoms with E-state index in [1.807, 2.05) is 17.0 Å². The SMILES string of the molecule is CC1CCC(C(=O)N(Cc2ccncc2)c2cc3cc-3c2)CC1. The van der Waals surface area contributed by atoms with Gasteiger partial charge >= 0.3 is 0 Å². The first-order valence-electron chi connectivity index (χ1n) is 8.56. The van der Waals surface area contributed by atoms with Crippen molar-refractivity contribution in [2.45, 2.75) is 39.2 Å². The van der Waals surface area contributed by atoms with Crippen LogP contribution in [-0.2, 0) is 11.3 Å². The molecule has 0 N–H and O–H groups in total. The number of aromatic nitrogens is 1. The van der Waals surface area contributed by atoms with Crippen molar-refractivity contribution in [1.29, 1.82) is 0 Å². The van der Waals surface area contributed by atoms with Crippen molar-refractivity contribution in [3.63, 3.8) is 0 Å². The van der Waals surface area contributed by atoms with E-state index in [-0.39, 0.29) is 5.92 Å². The third kappa shape index (κ3) is 3.00. The van der Waals surface area contributed by atoms with Gasteiger partial charge in [0.15, 0.2) is 0 Å². The highest BCUT2D eigenvalue weighted by Gasteiger charge is 2.30. The number of anilines is 1. The van der Waals surface area contributed by atoms with Crippen LogP contribution in [0.15, 0.2) is 42.7 Å². The third-order valence-corrected chi connectivity index (χ3v) is 5.20. The molecule has 1 aromatic rings. The summed E-state index contributed by atoms with van der Waals surface area (Å²) in [5.74, 6) is 1.23. The van der Waals surface area contributed by atoms with Gasteiger partial charge in [-0.1, -0.05) is 6.92 Å². The molecule has 0 spiro atoms. The summed E-state index contributed by atoms with van der Waals surface area (Å²) in [6.45, 7) is 2.93. The Morgan fingerprint density at radius 1 is 1.09 bits per heavy atom. The monoisotopic (exact) mass is 306 g/mol. The Morgan fingerprint density at radius 3 is 2.39 bits per heavy atom. The van der Waals surface area contributed by atoms with Crippen molar-refractivity contribution in [2.24, 2.45) is 11.8 Å². The highest BCUT2D eigenvalue weighted by Crippen LogP contribution is 2.41. The minimum Gasteiger partial charge on any atom is -0.308 e. The molecule has 118 valence electrons. The van der Waals surface area contributed by atoms with E-state index in [4.69, 9.17) is 0 Å². The molecule has 3 aliphatic carbocycles. The van der Waals surface area contributed by atoms with Crippen LogP contribution in [0.4, 0.5) is 5.69 Å². The average molecular weight is 306 g/mol. The van der Waals surface area contributed by atoms with Crippen molar-refractivity contribution in [3.05, 3.63) is 48.3 Å². The second-order valence-corrected chi connectivity index (χ2v) is 7.01. The predicted octanol–water partition coefficient (Wildman–Crippen LogP) is 4.42. The van der Waals surface area contributed by atoms with Crippen LogP contribution in [0.3, 0.4) is 0 Å². The van der Waals surface area contributed by atoms with Gasteiger partial charge in [0.1, 0.15) is 0 Å². The lowest BCUT2D eigenvalue weighted by atomic mass is 9.82. The van der Waals surface area contributed by atoms with Crippen molar-refractivity contribution in [3.8, 4) is 11.1 Å². The van der Waals surface area contributed by atoms with Crippen molar-refractivity contribution >= 4 is 11.6 Å². The molecular weight excluding hydrogens is 284 g/mol. The highest BCUT2D eigenvalue weighted by atomic mass is 16.2. The molecule has 1 fully saturated rings. The number of rotatable bonds is 4. The molecule has 0 atom stereocenters. The molecule has 0 radical (unpaired) electrons.